The largest absolute Gasteiger partial charge is 0.414 e. The second kappa shape index (κ2) is 9.23. The predicted molar refractivity (Wildman–Crippen MR) is 133 cm³/mol. The molecule has 4 heterocycles. The lowest BCUT2D eigenvalue weighted by atomic mass is 10.1. The average molecular weight is 511 g/mol. The van der Waals surface area contributed by atoms with Crippen LogP contribution in [0.15, 0.2) is 12.7 Å². The maximum Gasteiger partial charge on any atom is 0.335 e. The van der Waals surface area contributed by atoms with Crippen molar-refractivity contribution >= 4 is 34.1 Å². The van der Waals surface area contributed by atoms with Crippen molar-refractivity contribution in [2.24, 2.45) is 0 Å². The summed E-state index contributed by atoms with van der Waals surface area (Å²) in [6, 6.07) is 0. The topological polar surface area (TPSA) is 127 Å². The van der Waals surface area contributed by atoms with Gasteiger partial charge in [-0.25, -0.2) is 15.0 Å². The number of aromatic nitrogens is 4. The van der Waals surface area contributed by atoms with E-state index in [0.29, 0.717) is 11.2 Å². The highest BCUT2D eigenvalue weighted by molar-refractivity contribution is 6.83. The molecule has 0 bridgehead atoms. The van der Waals surface area contributed by atoms with Gasteiger partial charge < -0.3 is 28.5 Å². The van der Waals surface area contributed by atoms with Crippen molar-refractivity contribution in [1.29, 1.82) is 0 Å². The fourth-order valence-corrected chi connectivity index (χ4v) is 16.4. The van der Waals surface area contributed by atoms with Crippen LogP contribution in [0.3, 0.4) is 0 Å². The highest BCUT2D eigenvalue weighted by atomic mass is 28.5. The number of ether oxygens (including phenoxy) is 1. The lowest BCUT2D eigenvalue weighted by molar-refractivity contribution is -0.0570. The number of nitrogens with zero attached hydrogens (tertiary/aromatic N) is 4. The molecule has 2 aliphatic heterocycles. The van der Waals surface area contributed by atoms with E-state index in [1.165, 1.54) is 17.2 Å². The van der Waals surface area contributed by atoms with E-state index in [0.717, 1.165) is 0 Å². The molecule has 0 unspecified atom stereocenters. The first-order chi connectivity index (χ1) is 16.3. The number of aliphatic hydroxyl groups is 1. The molecule has 12 heteroatoms. The Labute approximate surface area is 205 Å². The summed E-state index contributed by atoms with van der Waals surface area (Å²) in [4.78, 5) is 12.5. The molecule has 2 fully saturated rings. The SMILES string of the molecule is [2H][C@]1(O)[C@@H]2O[Si](C(C)C)(C(C)C)O[Si](C(C)C)(C(C)C)OC[C@H]2O[C@H]1n1cnc2c(N)ncnc21. The summed E-state index contributed by atoms with van der Waals surface area (Å²) in [5.41, 5.74) is 7.19. The van der Waals surface area contributed by atoms with Crippen LogP contribution in [0.2, 0.25) is 22.2 Å². The van der Waals surface area contributed by atoms with Crippen LogP contribution in [0.25, 0.3) is 11.2 Å². The Morgan fingerprint density at radius 3 is 2.24 bits per heavy atom. The molecule has 4 atom stereocenters. The van der Waals surface area contributed by atoms with Gasteiger partial charge in [0.15, 0.2) is 17.7 Å². The zero-order valence-corrected chi connectivity index (χ0v) is 23.3. The number of hydrogen-bond acceptors (Lipinski definition) is 9. The van der Waals surface area contributed by atoms with Crippen LogP contribution in [0, 0.1) is 0 Å². The lowest BCUT2D eigenvalue weighted by Gasteiger charge is -2.51. The number of nitrogen functional groups attached to an aromatic ring is 1. The second-order valence-electron chi connectivity index (χ2n) is 10.5. The summed E-state index contributed by atoms with van der Waals surface area (Å²) in [5.74, 6) is 0.218. The Morgan fingerprint density at radius 2 is 1.65 bits per heavy atom. The van der Waals surface area contributed by atoms with Crippen molar-refractivity contribution in [3.05, 3.63) is 12.7 Å². The number of nitrogens with two attached hydrogens (primary N) is 1. The summed E-state index contributed by atoms with van der Waals surface area (Å²) in [6.45, 7) is 17.1. The van der Waals surface area contributed by atoms with Crippen LogP contribution < -0.4 is 5.73 Å². The molecule has 0 spiro atoms. The van der Waals surface area contributed by atoms with Gasteiger partial charge in [-0.3, -0.25) is 4.57 Å². The first-order valence-corrected chi connectivity index (χ1v) is 16.0. The van der Waals surface area contributed by atoms with Crippen LogP contribution in [0.5, 0.6) is 0 Å². The quantitative estimate of drug-likeness (QED) is 0.580. The van der Waals surface area contributed by atoms with Crippen LogP contribution in [-0.2, 0) is 17.7 Å². The number of anilines is 1. The molecule has 0 aromatic carbocycles. The number of rotatable bonds is 5. The molecule has 0 saturated carbocycles. The molecule has 0 aliphatic carbocycles. The van der Waals surface area contributed by atoms with E-state index in [9.17, 15) is 5.11 Å². The number of fused-ring (bicyclic) bond motifs is 2. The van der Waals surface area contributed by atoms with Crippen LogP contribution in [-0.4, -0.2) is 66.6 Å². The molecule has 190 valence electrons. The zero-order chi connectivity index (χ0) is 25.9. The van der Waals surface area contributed by atoms with Gasteiger partial charge in [0.05, 0.1) is 14.3 Å². The molecule has 2 aromatic heterocycles. The number of hydrogen-bond donors (Lipinski definition) is 2. The third-order valence-corrected chi connectivity index (χ3v) is 17.4. The van der Waals surface area contributed by atoms with Crippen LogP contribution >= 0.6 is 0 Å². The van der Waals surface area contributed by atoms with E-state index in [1.54, 1.807) is 0 Å². The van der Waals surface area contributed by atoms with Crippen molar-refractivity contribution in [2.75, 3.05) is 12.3 Å². The maximum atomic E-state index is 11.6. The normalized spacial score (nSPS) is 31.8. The van der Waals surface area contributed by atoms with Gasteiger partial charge in [-0.1, -0.05) is 55.4 Å². The van der Waals surface area contributed by atoms with Crippen LogP contribution in [0.4, 0.5) is 5.82 Å². The van der Waals surface area contributed by atoms with Gasteiger partial charge >= 0.3 is 17.1 Å². The average Bonchev–Trinajstić information content (AvgIpc) is 3.26. The summed E-state index contributed by atoms with van der Waals surface area (Å²) in [5, 5.41) is 11.6. The Kier molecular flexibility index (Phi) is 6.59. The highest BCUT2D eigenvalue weighted by Gasteiger charge is 2.61. The molecular formula is C22H39N5O5Si2. The summed E-state index contributed by atoms with van der Waals surface area (Å²) < 4.78 is 37.7. The second-order valence-corrected chi connectivity index (χ2v) is 19.4. The Hall–Kier alpha value is -1.42. The van der Waals surface area contributed by atoms with E-state index in [2.05, 4.69) is 70.3 Å². The molecule has 2 aromatic rings. The van der Waals surface area contributed by atoms with E-state index in [1.807, 2.05) is 0 Å². The molecule has 2 aliphatic rings. The summed E-state index contributed by atoms with van der Waals surface area (Å²) in [7, 11) is -5.80. The van der Waals surface area contributed by atoms with Crippen LogP contribution in [0.1, 0.15) is 63.0 Å². The molecule has 3 N–H and O–H groups in total. The Balaban J connectivity index is 1.82. The molecule has 34 heavy (non-hydrogen) atoms. The molecular weight excluding hydrogens is 470 g/mol. The fourth-order valence-electron chi connectivity index (χ4n) is 5.27. The van der Waals surface area contributed by atoms with Gasteiger partial charge in [0, 0.05) is 0 Å². The van der Waals surface area contributed by atoms with Crippen molar-refractivity contribution in [3.63, 3.8) is 0 Å². The zero-order valence-electron chi connectivity index (χ0n) is 22.3. The van der Waals surface area contributed by atoms with Gasteiger partial charge in [0.2, 0.25) is 0 Å². The highest BCUT2D eigenvalue weighted by Crippen LogP contribution is 2.48. The van der Waals surface area contributed by atoms with Gasteiger partial charge in [0.1, 0.15) is 30.1 Å². The smallest absolute Gasteiger partial charge is 0.335 e. The first kappa shape index (κ1) is 24.3. The molecule has 0 radical (unpaired) electrons. The van der Waals surface area contributed by atoms with Gasteiger partial charge in [-0.05, 0) is 22.2 Å². The van der Waals surface area contributed by atoms with Gasteiger partial charge in [0.25, 0.3) is 0 Å². The number of imidazole rings is 1. The van der Waals surface area contributed by atoms with E-state index < -0.39 is 41.6 Å². The fraction of sp³-hybridized carbons (Fsp3) is 0.773. The molecule has 2 saturated heterocycles. The Bertz CT molecular complexity index is 1050. The van der Waals surface area contributed by atoms with Crippen molar-refractivity contribution in [1.82, 2.24) is 19.5 Å². The summed E-state index contributed by atoms with van der Waals surface area (Å²) in [6.07, 6.45) is -2.13. The third kappa shape index (κ3) is 3.92. The minimum absolute atomic E-state index is 0.0608. The first-order valence-electron chi connectivity index (χ1n) is 12.6. The van der Waals surface area contributed by atoms with E-state index >= 15 is 0 Å². The molecule has 0 amide bonds. The Morgan fingerprint density at radius 1 is 1.03 bits per heavy atom. The van der Waals surface area contributed by atoms with Crippen molar-refractivity contribution in [3.8, 4) is 0 Å². The van der Waals surface area contributed by atoms with Gasteiger partial charge in [-0.2, -0.15) is 0 Å². The van der Waals surface area contributed by atoms with E-state index in [4.69, 9.17) is 24.8 Å². The molecule has 4 rings (SSSR count). The molecule has 10 nitrogen and oxygen atoms in total. The third-order valence-electron chi connectivity index (χ3n) is 7.15. The minimum Gasteiger partial charge on any atom is -0.414 e. The predicted octanol–water partition coefficient (Wildman–Crippen LogP) is 3.62. The lowest BCUT2D eigenvalue weighted by Crippen LogP contribution is -2.65. The maximum absolute atomic E-state index is 11.6. The van der Waals surface area contributed by atoms with E-state index in [-0.39, 0.29) is 34.6 Å². The minimum atomic E-state index is -3.03. The van der Waals surface area contributed by atoms with Crippen molar-refractivity contribution < 1.29 is 24.2 Å². The summed E-state index contributed by atoms with van der Waals surface area (Å²) >= 11 is 0. The van der Waals surface area contributed by atoms with Gasteiger partial charge in [-0.15, -0.1) is 0 Å². The monoisotopic (exact) mass is 510 g/mol. The standard InChI is InChI=1S/C22H39N5O5Si2/c1-12(2)33(13(3)4)29-9-16-19(31-34(32-33,14(5)6)15(7)8)18(28)22(30-16)27-11-26-17-20(23)24-10-25-21(17)27/h10-16,18-19,22,28H,9H2,1-8H3,(H2,23,24,25)/t16-,18+,19-,22-/m1/s1/i18D. The van der Waals surface area contributed by atoms with Crippen molar-refractivity contribution in [2.45, 2.75) is 102 Å².